The molecule has 1 aromatic heterocycles. The minimum Gasteiger partial charge on any atom is -0.234 e. The lowest BCUT2D eigenvalue weighted by Gasteiger charge is -2.01. The molecule has 0 aliphatic carbocycles. The van der Waals surface area contributed by atoms with Crippen LogP contribution in [0.4, 0.5) is 5.82 Å². The fourth-order valence-corrected chi connectivity index (χ4v) is 1.09. The van der Waals surface area contributed by atoms with Gasteiger partial charge in [-0.15, -0.1) is 4.91 Å². The zero-order chi connectivity index (χ0) is 8.97. The van der Waals surface area contributed by atoms with Gasteiger partial charge in [0, 0.05) is 11.8 Å². The number of nitroso groups, excluding NO2 is 1. The number of hydrogen-bond acceptors (Lipinski definition) is 3. The van der Waals surface area contributed by atoms with Gasteiger partial charge < -0.3 is 0 Å². The van der Waals surface area contributed by atoms with E-state index in [0.717, 1.165) is 24.0 Å². The number of hydrogen-bond donors (Lipinski definition) is 0. The van der Waals surface area contributed by atoms with E-state index in [4.69, 9.17) is 0 Å². The Kier molecular flexibility index (Phi) is 2.91. The van der Waals surface area contributed by atoms with Gasteiger partial charge in [-0.3, -0.25) is 0 Å². The Morgan fingerprint density at radius 2 is 2.17 bits per heavy atom. The fraction of sp³-hybridized carbons (Fsp3) is 0.444. The normalized spacial score (nSPS) is 9.83. The standard InChI is InChI=1S/C9H12N2O/c1-3-7-5-8(4-2)9(11-12)10-6-7/h5-6H,3-4H2,1-2H3. The molecule has 0 saturated heterocycles. The maximum atomic E-state index is 10.3. The fourth-order valence-electron chi connectivity index (χ4n) is 1.09. The highest BCUT2D eigenvalue weighted by molar-refractivity contribution is 5.39. The van der Waals surface area contributed by atoms with E-state index >= 15 is 0 Å². The largest absolute Gasteiger partial charge is 0.234 e. The molecule has 3 heteroatoms. The molecule has 64 valence electrons. The molecule has 0 fully saturated rings. The van der Waals surface area contributed by atoms with Crippen molar-refractivity contribution in [1.29, 1.82) is 0 Å². The van der Waals surface area contributed by atoms with Gasteiger partial charge in [0.05, 0.1) is 0 Å². The van der Waals surface area contributed by atoms with Gasteiger partial charge in [-0.2, -0.15) is 0 Å². The highest BCUT2D eigenvalue weighted by atomic mass is 16.3. The Balaban J connectivity index is 3.10. The molecular formula is C9H12N2O. The number of rotatable bonds is 3. The molecule has 0 atom stereocenters. The maximum absolute atomic E-state index is 10.3. The van der Waals surface area contributed by atoms with E-state index in [1.807, 2.05) is 13.0 Å². The van der Waals surface area contributed by atoms with E-state index in [1.54, 1.807) is 6.20 Å². The lowest BCUT2D eigenvalue weighted by molar-refractivity contribution is 1.04. The molecule has 0 unspecified atom stereocenters. The summed E-state index contributed by atoms with van der Waals surface area (Å²) in [4.78, 5) is 14.2. The lowest BCUT2D eigenvalue weighted by Crippen LogP contribution is -1.89. The molecule has 1 rings (SSSR count). The number of aryl methyl sites for hydroxylation is 2. The summed E-state index contributed by atoms with van der Waals surface area (Å²) < 4.78 is 0. The van der Waals surface area contributed by atoms with Gasteiger partial charge in [0.25, 0.3) is 0 Å². The summed E-state index contributed by atoms with van der Waals surface area (Å²) in [5, 5.41) is 2.86. The summed E-state index contributed by atoms with van der Waals surface area (Å²) in [5.74, 6) is 0.328. The van der Waals surface area contributed by atoms with Gasteiger partial charge in [0.2, 0.25) is 0 Å². The number of nitrogens with zero attached hydrogens (tertiary/aromatic N) is 2. The smallest absolute Gasteiger partial charge is 0.199 e. The Hall–Kier alpha value is -1.25. The summed E-state index contributed by atoms with van der Waals surface area (Å²) in [6.07, 6.45) is 3.46. The minimum absolute atomic E-state index is 0.328. The maximum Gasteiger partial charge on any atom is 0.199 e. The Labute approximate surface area is 71.8 Å². The molecule has 1 aromatic rings. The number of pyridine rings is 1. The van der Waals surface area contributed by atoms with Crippen LogP contribution in [0.3, 0.4) is 0 Å². The second kappa shape index (κ2) is 3.95. The topological polar surface area (TPSA) is 42.3 Å². The third-order valence-electron chi connectivity index (χ3n) is 1.88. The first-order valence-corrected chi connectivity index (χ1v) is 4.13. The van der Waals surface area contributed by atoms with Crippen molar-refractivity contribution < 1.29 is 0 Å². The van der Waals surface area contributed by atoms with E-state index in [-0.39, 0.29) is 0 Å². The van der Waals surface area contributed by atoms with Crippen LogP contribution in [0, 0.1) is 4.91 Å². The first-order chi connectivity index (χ1) is 5.81. The molecule has 0 radical (unpaired) electrons. The van der Waals surface area contributed by atoms with E-state index in [1.165, 1.54) is 0 Å². The molecule has 0 bridgehead atoms. The molecule has 0 N–H and O–H groups in total. The van der Waals surface area contributed by atoms with Gasteiger partial charge >= 0.3 is 0 Å². The van der Waals surface area contributed by atoms with Crippen molar-refractivity contribution >= 4 is 5.82 Å². The van der Waals surface area contributed by atoms with Crippen LogP contribution in [0.15, 0.2) is 17.4 Å². The zero-order valence-electron chi connectivity index (χ0n) is 7.37. The van der Waals surface area contributed by atoms with Crippen molar-refractivity contribution in [2.45, 2.75) is 26.7 Å². The van der Waals surface area contributed by atoms with Crippen molar-refractivity contribution in [1.82, 2.24) is 4.98 Å². The summed E-state index contributed by atoms with van der Waals surface area (Å²) in [7, 11) is 0. The predicted octanol–water partition coefficient (Wildman–Crippen LogP) is 2.60. The first-order valence-electron chi connectivity index (χ1n) is 4.13. The average molecular weight is 164 g/mol. The second-order valence-corrected chi connectivity index (χ2v) is 2.62. The Morgan fingerprint density at radius 1 is 1.42 bits per heavy atom. The molecule has 0 aromatic carbocycles. The van der Waals surface area contributed by atoms with E-state index in [2.05, 4.69) is 17.1 Å². The van der Waals surface area contributed by atoms with Crippen LogP contribution in [-0.2, 0) is 12.8 Å². The lowest BCUT2D eigenvalue weighted by atomic mass is 10.1. The molecule has 0 saturated carbocycles. The minimum atomic E-state index is 0.328. The molecule has 12 heavy (non-hydrogen) atoms. The van der Waals surface area contributed by atoms with Crippen LogP contribution in [-0.4, -0.2) is 4.98 Å². The van der Waals surface area contributed by atoms with E-state index < -0.39 is 0 Å². The Bertz CT molecular complexity index is 284. The quantitative estimate of drug-likeness (QED) is 0.644. The SMILES string of the molecule is CCc1cnc(N=O)c(CC)c1. The first kappa shape index (κ1) is 8.84. The molecule has 0 aliphatic heterocycles. The van der Waals surface area contributed by atoms with Crippen molar-refractivity contribution in [2.24, 2.45) is 5.18 Å². The molecule has 0 spiro atoms. The predicted molar refractivity (Wildman–Crippen MR) is 48.4 cm³/mol. The summed E-state index contributed by atoms with van der Waals surface area (Å²) in [5.41, 5.74) is 2.09. The van der Waals surface area contributed by atoms with Crippen LogP contribution in [0.25, 0.3) is 0 Å². The highest BCUT2D eigenvalue weighted by Crippen LogP contribution is 2.17. The van der Waals surface area contributed by atoms with Crippen LogP contribution in [0.2, 0.25) is 0 Å². The van der Waals surface area contributed by atoms with Crippen molar-refractivity contribution in [2.75, 3.05) is 0 Å². The van der Waals surface area contributed by atoms with Crippen LogP contribution in [0.1, 0.15) is 25.0 Å². The van der Waals surface area contributed by atoms with Crippen LogP contribution >= 0.6 is 0 Å². The third kappa shape index (κ3) is 1.67. The van der Waals surface area contributed by atoms with Crippen molar-refractivity contribution in [3.63, 3.8) is 0 Å². The summed E-state index contributed by atoms with van der Waals surface area (Å²) in [6, 6.07) is 1.99. The average Bonchev–Trinajstić information content (AvgIpc) is 2.16. The molecule has 0 aliphatic rings. The van der Waals surface area contributed by atoms with Crippen molar-refractivity contribution in [3.05, 3.63) is 28.3 Å². The van der Waals surface area contributed by atoms with Gasteiger partial charge in [0.15, 0.2) is 5.82 Å². The molecule has 0 amide bonds. The van der Waals surface area contributed by atoms with Crippen LogP contribution in [0.5, 0.6) is 0 Å². The molecule has 1 heterocycles. The van der Waals surface area contributed by atoms with Gasteiger partial charge in [-0.1, -0.05) is 19.9 Å². The van der Waals surface area contributed by atoms with Gasteiger partial charge in [-0.25, -0.2) is 4.98 Å². The Morgan fingerprint density at radius 3 is 2.67 bits per heavy atom. The molecule has 3 nitrogen and oxygen atoms in total. The molecular weight excluding hydrogens is 152 g/mol. The van der Waals surface area contributed by atoms with Gasteiger partial charge in [0.1, 0.15) is 0 Å². The summed E-state index contributed by atoms with van der Waals surface area (Å²) >= 11 is 0. The van der Waals surface area contributed by atoms with Gasteiger partial charge in [-0.05, 0) is 23.6 Å². The van der Waals surface area contributed by atoms with Crippen molar-refractivity contribution in [3.8, 4) is 0 Å². The van der Waals surface area contributed by atoms with Crippen LogP contribution < -0.4 is 0 Å². The van der Waals surface area contributed by atoms with E-state index in [9.17, 15) is 4.91 Å². The highest BCUT2D eigenvalue weighted by Gasteiger charge is 2.02. The van der Waals surface area contributed by atoms with E-state index in [0.29, 0.717) is 5.82 Å². The zero-order valence-corrected chi connectivity index (χ0v) is 7.37. The third-order valence-corrected chi connectivity index (χ3v) is 1.88. The summed E-state index contributed by atoms with van der Waals surface area (Å²) in [6.45, 7) is 4.05. The monoisotopic (exact) mass is 164 g/mol. The number of aromatic nitrogens is 1. The second-order valence-electron chi connectivity index (χ2n) is 2.62.